The predicted octanol–water partition coefficient (Wildman–Crippen LogP) is 0.632. The summed E-state index contributed by atoms with van der Waals surface area (Å²) in [7, 11) is 0. The highest BCUT2D eigenvalue weighted by molar-refractivity contribution is 4.95. The maximum atomic E-state index is 5.41. The van der Waals surface area contributed by atoms with Gasteiger partial charge in [-0.25, -0.2) is 0 Å². The van der Waals surface area contributed by atoms with Crippen molar-refractivity contribution in [3.05, 3.63) is 0 Å². The molecule has 2 heteroatoms. The molecule has 0 bridgehead atoms. The standard InChI is InChI=1S/C8H15NO/c1-7-4-9-5-8(7)2-3-10-6-8/h7,9H,2-6H2,1H3. The molecule has 0 aliphatic carbocycles. The highest BCUT2D eigenvalue weighted by atomic mass is 16.5. The molecule has 2 heterocycles. The first-order valence-corrected chi connectivity index (χ1v) is 4.12. The van der Waals surface area contributed by atoms with Gasteiger partial charge < -0.3 is 10.1 Å². The van der Waals surface area contributed by atoms with Crippen molar-refractivity contribution in [2.24, 2.45) is 11.3 Å². The fourth-order valence-corrected chi connectivity index (χ4v) is 2.08. The summed E-state index contributed by atoms with van der Waals surface area (Å²) in [5, 5.41) is 3.42. The molecule has 0 amide bonds. The van der Waals surface area contributed by atoms with E-state index in [0.717, 1.165) is 19.1 Å². The van der Waals surface area contributed by atoms with Gasteiger partial charge in [0.05, 0.1) is 6.61 Å². The van der Waals surface area contributed by atoms with Crippen LogP contribution in [0.3, 0.4) is 0 Å². The zero-order valence-corrected chi connectivity index (χ0v) is 6.52. The Hall–Kier alpha value is -0.0800. The van der Waals surface area contributed by atoms with Gasteiger partial charge in [-0.2, -0.15) is 0 Å². The lowest BCUT2D eigenvalue weighted by Gasteiger charge is -2.24. The molecule has 0 aromatic rings. The predicted molar refractivity (Wildman–Crippen MR) is 39.9 cm³/mol. The molecule has 2 saturated heterocycles. The van der Waals surface area contributed by atoms with E-state index in [2.05, 4.69) is 12.2 Å². The maximum Gasteiger partial charge on any atom is 0.0538 e. The quantitative estimate of drug-likeness (QED) is 0.534. The average molecular weight is 141 g/mol. The van der Waals surface area contributed by atoms with Crippen LogP contribution in [0, 0.1) is 11.3 Å². The number of hydrogen-bond acceptors (Lipinski definition) is 2. The van der Waals surface area contributed by atoms with Gasteiger partial charge in [-0.3, -0.25) is 0 Å². The molecule has 1 N–H and O–H groups in total. The first kappa shape index (κ1) is 6.62. The molecule has 0 aromatic heterocycles. The summed E-state index contributed by atoms with van der Waals surface area (Å²) in [5.74, 6) is 0.815. The lowest BCUT2D eigenvalue weighted by molar-refractivity contribution is 0.140. The maximum absolute atomic E-state index is 5.41. The summed E-state index contributed by atoms with van der Waals surface area (Å²) >= 11 is 0. The van der Waals surface area contributed by atoms with Crippen LogP contribution >= 0.6 is 0 Å². The van der Waals surface area contributed by atoms with E-state index in [1.807, 2.05) is 0 Å². The van der Waals surface area contributed by atoms with Crippen LogP contribution in [0.4, 0.5) is 0 Å². The van der Waals surface area contributed by atoms with Gasteiger partial charge >= 0.3 is 0 Å². The number of nitrogens with one attached hydrogen (secondary N) is 1. The van der Waals surface area contributed by atoms with E-state index in [9.17, 15) is 0 Å². The molecule has 2 nitrogen and oxygen atoms in total. The van der Waals surface area contributed by atoms with Crippen LogP contribution in [0.2, 0.25) is 0 Å². The van der Waals surface area contributed by atoms with Crippen molar-refractivity contribution >= 4 is 0 Å². The molecular weight excluding hydrogens is 126 g/mol. The molecule has 0 aromatic carbocycles. The topological polar surface area (TPSA) is 21.3 Å². The van der Waals surface area contributed by atoms with Crippen LogP contribution in [0.1, 0.15) is 13.3 Å². The highest BCUT2D eigenvalue weighted by Gasteiger charge is 2.43. The number of hydrogen-bond donors (Lipinski definition) is 1. The summed E-state index contributed by atoms with van der Waals surface area (Å²) in [4.78, 5) is 0. The Morgan fingerprint density at radius 1 is 1.60 bits per heavy atom. The fraction of sp³-hybridized carbons (Fsp3) is 1.00. The Labute approximate surface area is 61.9 Å². The molecule has 2 aliphatic heterocycles. The van der Waals surface area contributed by atoms with E-state index in [1.54, 1.807) is 0 Å². The molecule has 2 fully saturated rings. The fourth-order valence-electron chi connectivity index (χ4n) is 2.08. The van der Waals surface area contributed by atoms with Crippen molar-refractivity contribution in [3.8, 4) is 0 Å². The smallest absolute Gasteiger partial charge is 0.0538 e. The first-order valence-electron chi connectivity index (χ1n) is 4.12. The van der Waals surface area contributed by atoms with Gasteiger partial charge in [0, 0.05) is 18.6 Å². The van der Waals surface area contributed by atoms with Gasteiger partial charge in [-0.15, -0.1) is 0 Å². The van der Waals surface area contributed by atoms with Crippen molar-refractivity contribution in [3.63, 3.8) is 0 Å². The Balaban J connectivity index is 2.11. The summed E-state index contributed by atoms with van der Waals surface area (Å²) in [5.41, 5.74) is 0.514. The summed E-state index contributed by atoms with van der Waals surface area (Å²) in [6.07, 6.45) is 1.27. The van der Waals surface area contributed by atoms with Crippen molar-refractivity contribution in [1.82, 2.24) is 5.32 Å². The molecule has 2 atom stereocenters. The third-order valence-corrected chi connectivity index (χ3v) is 3.11. The van der Waals surface area contributed by atoms with Crippen LogP contribution in [-0.4, -0.2) is 26.3 Å². The molecule has 1 spiro atoms. The molecule has 2 aliphatic rings. The Morgan fingerprint density at radius 2 is 2.50 bits per heavy atom. The van der Waals surface area contributed by atoms with Crippen LogP contribution in [0.25, 0.3) is 0 Å². The number of rotatable bonds is 0. The molecule has 0 radical (unpaired) electrons. The van der Waals surface area contributed by atoms with Crippen LogP contribution in [0.15, 0.2) is 0 Å². The number of ether oxygens (including phenoxy) is 1. The van der Waals surface area contributed by atoms with Crippen molar-refractivity contribution in [2.75, 3.05) is 26.3 Å². The molecular formula is C8H15NO. The minimum absolute atomic E-state index is 0.514. The van der Waals surface area contributed by atoms with Crippen LogP contribution in [-0.2, 0) is 4.74 Å². The summed E-state index contributed by atoms with van der Waals surface area (Å²) in [6, 6.07) is 0. The normalized spacial score (nSPS) is 47.1. The van der Waals surface area contributed by atoms with Crippen molar-refractivity contribution in [1.29, 1.82) is 0 Å². The van der Waals surface area contributed by atoms with Crippen LogP contribution < -0.4 is 5.32 Å². The minimum Gasteiger partial charge on any atom is -0.381 e. The zero-order chi connectivity index (χ0) is 7.03. The SMILES string of the molecule is CC1CNCC12CCOC2. The third-order valence-electron chi connectivity index (χ3n) is 3.11. The molecule has 0 saturated carbocycles. The van der Waals surface area contributed by atoms with E-state index < -0.39 is 0 Å². The Bertz CT molecular complexity index is 124. The van der Waals surface area contributed by atoms with E-state index in [4.69, 9.17) is 4.74 Å². The third kappa shape index (κ3) is 0.789. The average Bonchev–Trinajstić information content (AvgIpc) is 2.48. The highest BCUT2D eigenvalue weighted by Crippen LogP contribution is 2.38. The summed E-state index contributed by atoms with van der Waals surface area (Å²) < 4.78 is 5.41. The van der Waals surface area contributed by atoms with E-state index in [0.29, 0.717) is 5.41 Å². The van der Waals surface area contributed by atoms with Gasteiger partial charge in [0.25, 0.3) is 0 Å². The van der Waals surface area contributed by atoms with Crippen molar-refractivity contribution in [2.45, 2.75) is 13.3 Å². The molecule has 2 rings (SSSR count). The molecule has 2 unspecified atom stereocenters. The summed E-state index contributed by atoms with van der Waals surface area (Å²) in [6.45, 7) is 6.65. The van der Waals surface area contributed by atoms with Gasteiger partial charge in [-0.1, -0.05) is 6.92 Å². The van der Waals surface area contributed by atoms with E-state index in [1.165, 1.54) is 19.5 Å². The van der Waals surface area contributed by atoms with Gasteiger partial charge in [0.15, 0.2) is 0 Å². The van der Waals surface area contributed by atoms with Gasteiger partial charge in [0.1, 0.15) is 0 Å². The Kier molecular flexibility index (Phi) is 1.46. The minimum atomic E-state index is 0.514. The second kappa shape index (κ2) is 2.21. The second-order valence-electron chi connectivity index (χ2n) is 3.70. The second-order valence-corrected chi connectivity index (χ2v) is 3.70. The lowest BCUT2D eigenvalue weighted by atomic mass is 9.79. The van der Waals surface area contributed by atoms with Crippen LogP contribution in [0.5, 0.6) is 0 Å². The first-order chi connectivity index (χ1) is 4.83. The van der Waals surface area contributed by atoms with E-state index in [-0.39, 0.29) is 0 Å². The Morgan fingerprint density at radius 3 is 3.00 bits per heavy atom. The molecule has 58 valence electrons. The van der Waals surface area contributed by atoms with E-state index >= 15 is 0 Å². The molecule has 10 heavy (non-hydrogen) atoms. The zero-order valence-electron chi connectivity index (χ0n) is 6.52. The largest absolute Gasteiger partial charge is 0.381 e. The lowest BCUT2D eigenvalue weighted by Crippen LogP contribution is -2.28. The van der Waals surface area contributed by atoms with Gasteiger partial charge in [0.2, 0.25) is 0 Å². The monoisotopic (exact) mass is 141 g/mol. The van der Waals surface area contributed by atoms with Crippen molar-refractivity contribution < 1.29 is 4.74 Å². The van der Waals surface area contributed by atoms with Gasteiger partial charge in [-0.05, 0) is 18.9 Å².